The highest BCUT2D eigenvalue weighted by atomic mass is 79.9. The number of pyridine rings is 1. The summed E-state index contributed by atoms with van der Waals surface area (Å²) in [6.45, 7) is 5.03. The van der Waals surface area contributed by atoms with E-state index in [9.17, 15) is 4.79 Å². The summed E-state index contributed by atoms with van der Waals surface area (Å²) in [5, 5.41) is 3.97. The van der Waals surface area contributed by atoms with Crippen molar-refractivity contribution < 1.29 is 4.79 Å². The standard InChI is InChI=1S/C13H19BrN2O/c1-13(2,6-3-7-14)10-16-12(17)11-4-8-15-9-5-11/h4-5,8-9H,3,6-7,10H2,1-2H3,(H,16,17). The van der Waals surface area contributed by atoms with Gasteiger partial charge >= 0.3 is 0 Å². The maximum absolute atomic E-state index is 11.8. The normalized spacial score (nSPS) is 11.2. The predicted molar refractivity (Wildman–Crippen MR) is 73.4 cm³/mol. The molecule has 0 aliphatic heterocycles. The summed E-state index contributed by atoms with van der Waals surface area (Å²) in [5.41, 5.74) is 0.799. The Kier molecular flexibility index (Phi) is 5.62. The second-order valence-electron chi connectivity index (χ2n) is 4.88. The van der Waals surface area contributed by atoms with E-state index in [4.69, 9.17) is 0 Å². The van der Waals surface area contributed by atoms with E-state index >= 15 is 0 Å². The third-order valence-electron chi connectivity index (χ3n) is 2.66. The lowest BCUT2D eigenvalue weighted by molar-refractivity contribution is 0.0934. The van der Waals surface area contributed by atoms with Crippen LogP contribution in [-0.4, -0.2) is 22.8 Å². The van der Waals surface area contributed by atoms with Crippen molar-refractivity contribution in [3.05, 3.63) is 30.1 Å². The van der Waals surface area contributed by atoms with E-state index in [2.05, 4.69) is 40.1 Å². The average Bonchev–Trinajstić information content (AvgIpc) is 2.35. The first kappa shape index (κ1) is 14.2. The molecule has 17 heavy (non-hydrogen) atoms. The molecule has 4 heteroatoms. The number of halogens is 1. The number of nitrogens with zero attached hydrogens (tertiary/aromatic N) is 1. The Labute approximate surface area is 111 Å². The van der Waals surface area contributed by atoms with Crippen molar-refractivity contribution >= 4 is 21.8 Å². The molecule has 1 aromatic heterocycles. The smallest absolute Gasteiger partial charge is 0.251 e. The number of alkyl halides is 1. The summed E-state index contributed by atoms with van der Waals surface area (Å²) in [6.07, 6.45) is 5.47. The Morgan fingerprint density at radius 3 is 2.65 bits per heavy atom. The van der Waals surface area contributed by atoms with E-state index in [0.29, 0.717) is 12.1 Å². The zero-order valence-corrected chi connectivity index (χ0v) is 12.0. The highest BCUT2D eigenvalue weighted by Gasteiger charge is 2.18. The lowest BCUT2D eigenvalue weighted by atomic mass is 9.88. The summed E-state index contributed by atoms with van der Waals surface area (Å²) >= 11 is 3.42. The Balaban J connectivity index is 2.43. The molecule has 0 saturated carbocycles. The predicted octanol–water partition coefficient (Wildman–Crippen LogP) is 3.01. The molecule has 0 aliphatic carbocycles. The number of hydrogen-bond donors (Lipinski definition) is 1. The Morgan fingerprint density at radius 1 is 1.41 bits per heavy atom. The molecule has 0 radical (unpaired) electrons. The minimum Gasteiger partial charge on any atom is -0.352 e. The first-order chi connectivity index (χ1) is 8.05. The number of aromatic nitrogens is 1. The monoisotopic (exact) mass is 298 g/mol. The lowest BCUT2D eigenvalue weighted by Crippen LogP contribution is -2.34. The molecule has 0 saturated heterocycles. The molecule has 0 bridgehead atoms. The van der Waals surface area contributed by atoms with Crippen molar-refractivity contribution in [2.75, 3.05) is 11.9 Å². The van der Waals surface area contributed by atoms with Gasteiger partial charge in [0.1, 0.15) is 0 Å². The van der Waals surface area contributed by atoms with Crippen molar-refractivity contribution in [2.24, 2.45) is 5.41 Å². The molecule has 1 amide bonds. The van der Waals surface area contributed by atoms with E-state index in [1.807, 2.05) is 0 Å². The Morgan fingerprint density at radius 2 is 2.06 bits per heavy atom. The van der Waals surface area contributed by atoms with Gasteiger partial charge in [0, 0.05) is 29.8 Å². The first-order valence-corrected chi connectivity index (χ1v) is 6.91. The molecular formula is C13H19BrN2O. The van der Waals surface area contributed by atoms with Gasteiger partial charge in [-0.15, -0.1) is 0 Å². The molecule has 0 aromatic carbocycles. The van der Waals surface area contributed by atoms with Gasteiger partial charge in [-0.05, 0) is 30.4 Å². The zero-order chi connectivity index (χ0) is 12.7. The Hall–Kier alpha value is -0.900. The van der Waals surface area contributed by atoms with Crippen LogP contribution < -0.4 is 5.32 Å². The van der Waals surface area contributed by atoms with Gasteiger partial charge in [0.2, 0.25) is 0 Å². The van der Waals surface area contributed by atoms with Crippen molar-refractivity contribution in [3.8, 4) is 0 Å². The van der Waals surface area contributed by atoms with Gasteiger partial charge < -0.3 is 5.32 Å². The fourth-order valence-electron chi connectivity index (χ4n) is 1.56. The number of nitrogens with one attached hydrogen (secondary N) is 1. The minimum atomic E-state index is -0.0284. The molecule has 1 aromatic rings. The maximum Gasteiger partial charge on any atom is 0.251 e. The summed E-state index contributed by atoms with van der Waals surface area (Å²) in [4.78, 5) is 15.7. The van der Waals surface area contributed by atoms with Crippen LogP contribution in [0.2, 0.25) is 0 Å². The number of rotatable bonds is 6. The first-order valence-electron chi connectivity index (χ1n) is 5.79. The topological polar surface area (TPSA) is 42.0 Å². The Bertz CT molecular complexity index is 352. The molecule has 1 rings (SSSR count). The van der Waals surface area contributed by atoms with Crippen LogP contribution in [0.3, 0.4) is 0 Å². The molecule has 0 fully saturated rings. The molecule has 1 heterocycles. The van der Waals surface area contributed by atoms with Crippen LogP contribution >= 0.6 is 15.9 Å². The SMILES string of the molecule is CC(C)(CCCBr)CNC(=O)c1ccncc1. The maximum atomic E-state index is 11.8. The average molecular weight is 299 g/mol. The second kappa shape index (κ2) is 6.74. The highest BCUT2D eigenvalue weighted by molar-refractivity contribution is 9.09. The largest absolute Gasteiger partial charge is 0.352 e. The van der Waals surface area contributed by atoms with Crippen LogP contribution in [0.4, 0.5) is 0 Å². The number of hydrogen-bond acceptors (Lipinski definition) is 2. The van der Waals surface area contributed by atoms with Gasteiger partial charge in [-0.2, -0.15) is 0 Å². The van der Waals surface area contributed by atoms with Gasteiger partial charge in [0.15, 0.2) is 0 Å². The van der Waals surface area contributed by atoms with Gasteiger partial charge in [0.25, 0.3) is 5.91 Å². The van der Waals surface area contributed by atoms with Crippen molar-refractivity contribution in [1.82, 2.24) is 10.3 Å². The fraction of sp³-hybridized carbons (Fsp3) is 0.538. The van der Waals surface area contributed by atoms with Gasteiger partial charge in [-0.3, -0.25) is 9.78 Å². The van der Waals surface area contributed by atoms with Crippen LogP contribution in [-0.2, 0) is 0 Å². The van der Waals surface area contributed by atoms with E-state index in [0.717, 1.165) is 18.2 Å². The van der Waals surface area contributed by atoms with Crippen molar-refractivity contribution in [3.63, 3.8) is 0 Å². The van der Waals surface area contributed by atoms with Gasteiger partial charge in [0.05, 0.1) is 0 Å². The quantitative estimate of drug-likeness (QED) is 0.820. The van der Waals surface area contributed by atoms with Crippen LogP contribution in [0.25, 0.3) is 0 Å². The summed E-state index contributed by atoms with van der Waals surface area (Å²) in [6, 6.07) is 3.45. The summed E-state index contributed by atoms with van der Waals surface area (Å²) < 4.78 is 0. The van der Waals surface area contributed by atoms with Crippen LogP contribution in [0.1, 0.15) is 37.0 Å². The molecule has 0 spiro atoms. The fourth-order valence-corrected chi connectivity index (χ4v) is 1.84. The molecule has 0 aliphatic rings. The van der Waals surface area contributed by atoms with Gasteiger partial charge in [-0.25, -0.2) is 0 Å². The van der Waals surface area contributed by atoms with E-state index in [-0.39, 0.29) is 11.3 Å². The molecule has 94 valence electrons. The second-order valence-corrected chi connectivity index (χ2v) is 5.67. The number of amides is 1. The van der Waals surface area contributed by atoms with Gasteiger partial charge in [-0.1, -0.05) is 29.8 Å². The summed E-state index contributed by atoms with van der Waals surface area (Å²) in [5.74, 6) is -0.0284. The molecule has 0 unspecified atom stereocenters. The lowest BCUT2D eigenvalue weighted by Gasteiger charge is -2.24. The van der Waals surface area contributed by atoms with Crippen LogP contribution in [0.15, 0.2) is 24.5 Å². The van der Waals surface area contributed by atoms with E-state index in [1.165, 1.54) is 0 Å². The van der Waals surface area contributed by atoms with E-state index < -0.39 is 0 Å². The molecule has 0 atom stereocenters. The number of carbonyl (C=O) groups is 1. The highest BCUT2D eigenvalue weighted by Crippen LogP contribution is 2.21. The third-order valence-corrected chi connectivity index (χ3v) is 3.22. The van der Waals surface area contributed by atoms with Crippen LogP contribution in [0, 0.1) is 5.41 Å². The third kappa shape index (κ3) is 5.31. The molecule has 3 nitrogen and oxygen atoms in total. The minimum absolute atomic E-state index is 0.0284. The van der Waals surface area contributed by atoms with Crippen LogP contribution in [0.5, 0.6) is 0 Å². The molecular weight excluding hydrogens is 280 g/mol. The molecule has 1 N–H and O–H groups in total. The zero-order valence-electron chi connectivity index (χ0n) is 10.4. The van der Waals surface area contributed by atoms with Crippen molar-refractivity contribution in [2.45, 2.75) is 26.7 Å². The van der Waals surface area contributed by atoms with E-state index in [1.54, 1.807) is 24.5 Å². The van der Waals surface area contributed by atoms with Crippen molar-refractivity contribution in [1.29, 1.82) is 0 Å². The number of carbonyl (C=O) groups excluding carboxylic acids is 1. The summed E-state index contributed by atoms with van der Waals surface area (Å²) in [7, 11) is 0.